The zero-order chi connectivity index (χ0) is 29.9. The van der Waals surface area contributed by atoms with Crippen LogP contribution in [0.3, 0.4) is 0 Å². The average molecular weight is 457 g/mol. The number of fused-ring (bicyclic) bond motifs is 3. The van der Waals surface area contributed by atoms with E-state index in [-0.39, 0.29) is 11.4 Å². The second-order valence-electron chi connectivity index (χ2n) is 9.37. The van der Waals surface area contributed by atoms with Gasteiger partial charge in [0.25, 0.3) is 0 Å². The Morgan fingerprint density at radius 1 is 0.941 bits per heavy atom. The Morgan fingerprint density at radius 3 is 2.38 bits per heavy atom. The maximum Gasteiger partial charge on any atom is 0.227 e. The molecule has 0 unspecified atom stereocenters. The number of hydrogen-bond donors (Lipinski definition) is 0. The quantitative estimate of drug-likeness (QED) is 0.253. The highest BCUT2D eigenvalue weighted by Crippen LogP contribution is 2.37. The van der Waals surface area contributed by atoms with E-state index in [1.54, 1.807) is 6.07 Å². The lowest BCUT2D eigenvalue weighted by atomic mass is 9.98. The van der Waals surface area contributed by atoms with Crippen LogP contribution in [0.25, 0.3) is 44.5 Å². The van der Waals surface area contributed by atoms with Gasteiger partial charge < -0.3 is 4.42 Å². The Bertz CT molecular complexity index is 1740. The highest BCUT2D eigenvalue weighted by atomic mass is 16.3. The third kappa shape index (κ3) is 4.00. The minimum absolute atomic E-state index is 0.0928. The smallest absolute Gasteiger partial charge is 0.227 e. The fourth-order valence-electron chi connectivity index (χ4n) is 4.62. The van der Waals surface area contributed by atoms with Gasteiger partial charge in [0.1, 0.15) is 7.05 Å². The van der Waals surface area contributed by atoms with Crippen LogP contribution in [-0.2, 0) is 13.5 Å². The Morgan fingerprint density at radius 2 is 1.68 bits per heavy atom. The summed E-state index contributed by atoms with van der Waals surface area (Å²) in [5.41, 5.74) is 6.52. The monoisotopic (exact) mass is 456 g/mol. The van der Waals surface area contributed by atoms with Gasteiger partial charge in [-0.3, -0.25) is 0 Å². The Kier molecular flexibility index (Phi) is 3.96. The average Bonchev–Trinajstić information content (AvgIpc) is 3.25. The number of furan rings is 1. The van der Waals surface area contributed by atoms with Crippen molar-refractivity contribution in [1.29, 1.82) is 0 Å². The van der Waals surface area contributed by atoms with Crippen molar-refractivity contribution in [2.24, 2.45) is 13.0 Å². The molecule has 0 saturated carbocycles. The van der Waals surface area contributed by atoms with E-state index < -0.39 is 19.6 Å². The van der Waals surface area contributed by atoms with Gasteiger partial charge in [0, 0.05) is 37.7 Å². The summed E-state index contributed by atoms with van der Waals surface area (Å²) in [6, 6.07) is 19.6. The van der Waals surface area contributed by atoms with Gasteiger partial charge >= 0.3 is 0 Å². The summed E-state index contributed by atoms with van der Waals surface area (Å²) in [5, 5.41) is 1.38. The van der Waals surface area contributed by atoms with Crippen LogP contribution in [0.4, 0.5) is 0 Å². The van der Waals surface area contributed by atoms with Crippen LogP contribution in [0.15, 0.2) is 71.3 Å². The maximum absolute atomic E-state index is 8.51. The van der Waals surface area contributed by atoms with Crippen LogP contribution in [0.2, 0.25) is 0 Å². The summed E-state index contributed by atoms with van der Waals surface area (Å²) >= 11 is 0. The highest BCUT2D eigenvalue weighted by molar-refractivity contribution is 6.08. The van der Waals surface area contributed by atoms with Crippen LogP contribution in [0.5, 0.6) is 0 Å². The van der Waals surface area contributed by atoms with Crippen LogP contribution in [0, 0.1) is 12.8 Å². The molecular weight excluding hydrogens is 416 g/mol. The molecule has 0 bridgehead atoms. The molecule has 172 valence electrons. The zero-order valence-electron chi connectivity index (χ0n) is 26.9. The molecule has 0 aliphatic carbocycles. The summed E-state index contributed by atoms with van der Waals surface area (Å²) in [6.07, 6.45) is 3.12. The zero-order valence-corrected chi connectivity index (χ0v) is 19.9. The largest absolute Gasteiger partial charge is 0.437 e. The SMILES string of the molecule is [2H]C([2H])([2H])C([2H])(c1ccc2c(n1)oc1c(-c3ccc(-c4ccc(CC(C)C)cc4)c[n+]3C)c(C)ccc12)C([2H])([2H])[2H]. The van der Waals surface area contributed by atoms with Crippen LogP contribution in [-0.4, -0.2) is 4.98 Å². The topological polar surface area (TPSA) is 29.9 Å². The number of pyridine rings is 2. The van der Waals surface area contributed by atoms with Gasteiger partial charge in [0.2, 0.25) is 11.4 Å². The molecule has 3 nitrogen and oxygen atoms in total. The summed E-state index contributed by atoms with van der Waals surface area (Å²) < 4.78 is 63.7. The Labute approximate surface area is 211 Å². The first-order chi connectivity index (χ1) is 19.1. The van der Waals surface area contributed by atoms with E-state index in [1.807, 2.05) is 36.7 Å². The Balaban J connectivity index is 1.62. The standard InChI is InChI=1S/C31H33N2O/c1-19(2)17-22-8-10-23(11-9-22)24-12-16-28(33(6)18-24)29-21(5)7-13-25-26-14-15-27(20(3)4)32-31(26)34-30(25)29/h7-16,18-20H,17H2,1-6H3/q+1/i3D3,4D3,20D. The first-order valence-electron chi connectivity index (χ1n) is 15.0. The molecular formula is C31H33N2O+. The fraction of sp³-hybridized carbons (Fsp3) is 0.290. The van der Waals surface area contributed by atoms with Gasteiger partial charge in [0.05, 0.1) is 5.56 Å². The third-order valence-corrected chi connectivity index (χ3v) is 6.29. The first kappa shape index (κ1) is 15.4. The van der Waals surface area contributed by atoms with E-state index in [2.05, 4.69) is 55.4 Å². The maximum atomic E-state index is 8.51. The van der Waals surface area contributed by atoms with Gasteiger partial charge in [-0.05, 0) is 60.0 Å². The van der Waals surface area contributed by atoms with E-state index in [1.165, 1.54) is 11.6 Å². The highest BCUT2D eigenvalue weighted by Gasteiger charge is 2.22. The number of nitrogens with zero attached hydrogens (tertiary/aromatic N) is 2. The van der Waals surface area contributed by atoms with Crippen molar-refractivity contribution in [1.82, 2.24) is 4.98 Å². The molecule has 0 aliphatic rings. The summed E-state index contributed by atoms with van der Waals surface area (Å²) in [5.74, 6) is -2.30. The third-order valence-electron chi connectivity index (χ3n) is 6.29. The van der Waals surface area contributed by atoms with E-state index in [0.29, 0.717) is 16.9 Å². The van der Waals surface area contributed by atoms with Gasteiger partial charge in [-0.25, -0.2) is 9.55 Å². The summed E-state index contributed by atoms with van der Waals surface area (Å²) in [7, 11) is 1.98. The second kappa shape index (κ2) is 8.72. The minimum atomic E-state index is -3.13. The minimum Gasteiger partial charge on any atom is -0.437 e. The lowest BCUT2D eigenvalue weighted by Gasteiger charge is -2.08. The molecule has 0 spiro atoms. The van der Waals surface area contributed by atoms with Crippen molar-refractivity contribution in [3.05, 3.63) is 83.7 Å². The molecule has 0 aliphatic heterocycles. The lowest BCUT2D eigenvalue weighted by molar-refractivity contribution is -0.659. The van der Waals surface area contributed by atoms with Crippen molar-refractivity contribution >= 4 is 22.1 Å². The van der Waals surface area contributed by atoms with Crippen molar-refractivity contribution < 1.29 is 18.6 Å². The number of aryl methyl sites for hydroxylation is 2. The molecule has 0 N–H and O–H groups in total. The number of hydrogen-bond acceptors (Lipinski definition) is 2. The predicted molar refractivity (Wildman–Crippen MR) is 141 cm³/mol. The molecule has 2 aromatic carbocycles. The van der Waals surface area contributed by atoms with Crippen molar-refractivity contribution in [3.63, 3.8) is 0 Å². The number of aromatic nitrogens is 2. The lowest BCUT2D eigenvalue weighted by Crippen LogP contribution is -2.31. The molecule has 5 aromatic rings. The number of benzene rings is 2. The molecule has 0 amide bonds. The van der Waals surface area contributed by atoms with E-state index in [9.17, 15) is 0 Å². The summed E-state index contributed by atoms with van der Waals surface area (Å²) in [4.78, 5) is 4.30. The van der Waals surface area contributed by atoms with Crippen LogP contribution < -0.4 is 4.57 Å². The van der Waals surface area contributed by atoms with Crippen molar-refractivity contribution in [3.8, 4) is 22.4 Å². The van der Waals surface area contributed by atoms with Gasteiger partial charge in [-0.1, -0.05) is 63.9 Å². The molecule has 34 heavy (non-hydrogen) atoms. The molecule has 0 radical (unpaired) electrons. The normalized spacial score (nSPS) is 16.0. The van der Waals surface area contributed by atoms with Crippen molar-refractivity contribution in [2.45, 2.75) is 46.8 Å². The number of rotatable bonds is 5. The van der Waals surface area contributed by atoms with E-state index in [0.717, 1.165) is 39.8 Å². The molecule has 3 aromatic heterocycles. The van der Waals surface area contributed by atoms with Gasteiger partial charge in [-0.15, -0.1) is 0 Å². The molecule has 0 fully saturated rings. The first-order valence-corrected chi connectivity index (χ1v) is 11.5. The van der Waals surface area contributed by atoms with Crippen molar-refractivity contribution in [2.75, 3.05) is 0 Å². The molecule has 3 heterocycles. The van der Waals surface area contributed by atoms with Crippen LogP contribution in [0.1, 0.15) is 59.9 Å². The van der Waals surface area contributed by atoms with E-state index >= 15 is 0 Å². The van der Waals surface area contributed by atoms with Gasteiger partial charge in [0.15, 0.2) is 11.8 Å². The molecule has 5 rings (SSSR count). The van der Waals surface area contributed by atoms with E-state index in [4.69, 9.17) is 14.0 Å². The molecule has 0 atom stereocenters. The Hall–Kier alpha value is -3.46. The molecule has 0 saturated heterocycles. The second-order valence-corrected chi connectivity index (χ2v) is 9.37. The molecule has 3 heteroatoms. The predicted octanol–water partition coefficient (Wildman–Crippen LogP) is 7.77. The summed E-state index contributed by atoms with van der Waals surface area (Å²) in [6.45, 7) is 0.153. The fourth-order valence-corrected chi connectivity index (χ4v) is 4.62. The van der Waals surface area contributed by atoms with Crippen LogP contribution >= 0.6 is 0 Å². The van der Waals surface area contributed by atoms with Gasteiger partial charge in [-0.2, -0.15) is 0 Å².